The molecule has 0 bridgehead atoms. The number of hydrogen-bond donors (Lipinski definition) is 1. The fourth-order valence-corrected chi connectivity index (χ4v) is 2.83. The maximum Gasteiger partial charge on any atom is 0.149 e. The van der Waals surface area contributed by atoms with Crippen molar-refractivity contribution in [3.63, 3.8) is 0 Å². The van der Waals surface area contributed by atoms with Gasteiger partial charge in [0.2, 0.25) is 0 Å². The summed E-state index contributed by atoms with van der Waals surface area (Å²) in [7, 11) is -2.94. The molecule has 0 aliphatic carbocycles. The van der Waals surface area contributed by atoms with Crippen molar-refractivity contribution >= 4 is 31.5 Å². The minimum absolute atomic E-state index is 0.0930. The van der Waals surface area contributed by atoms with Crippen LogP contribution in [0.3, 0.4) is 0 Å². The Bertz CT molecular complexity index is 471. The van der Waals surface area contributed by atoms with Crippen molar-refractivity contribution in [3.05, 3.63) is 28.2 Å². The monoisotopic (exact) mass is 305 g/mol. The summed E-state index contributed by atoms with van der Waals surface area (Å²) in [5.74, 6) is 0.137. The number of nitrogens with one attached hydrogen (secondary N) is 1. The third kappa shape index (κ3) is 4.53. The minimum Gasteiger partial charge on any atom is -0.382 e. The SMILES string of the molecule is Cc1ccc(NC(C)CS(C)(=O)=O)cc1Br. The highest BCUT2D eigenvalue weighted by molar-refractivity contribution is 9.10. The Morgan fingerprint density at radius 2 is 2.06 bits per heavy atom. The normalized spacial score (nSPS) is 13.5. The molecule has 1 rings (SSSR count). The van der Waals surface area contributed by atoms with Crippen molar-refractivity contribution in [2.24, 2.45) is 0 Å². The fourth-order valence-electron chi connectivity index (χ4n) is 1.46. The minimum atomic E-state index is -2.94. The summed E-state index contributed by atoms with van der Waals surface area (Å²) >= 11 is 3.44. The predicted octanol–water partition coefficient (Wildman–Crippen LogP) is 2.60. The molecule has 1 unspecified atom stereocenters. The highest BCUT2D eigenvalue weighted by Crippen LogP contribution is 2.21. The molecule has 0 saturated heterocycles. The van der Waals surface area contributed by atoms with Crippen LogP contribution in [-0.2, 0) is 9.84 Å². The molecule has 0 heterocycles. The standard InChI is InChI=1S/C11H16BrNO2S/c1-8-4-5-10(6-11(8)12)13-9(2)7-16(3,14)15/h4-6,9,13H,7H2,1-3H3. The predicted molar refractivity (Wildman–Crippen MR) is 71.7 cm³/mol. The lowest BCUT2D eigenvalue weighted by Crippen LogP contribution is -2.24. The van der Waals surface area contributed by atoms with Crippen LogP contribution in [-0.4, -0.2) is 26.5 Å². The first kappa shape index (κ1) is 13.5. The van der Waals surface area contributed by atoms with Gasteiger partial charge in [-0.25, -0.2) is 8.42 Å². The summed E-state index contributed by atoms with van der Waals surface area (Å²) in [4.78, 5) is 0. The lowest BCUT2D eigenvalue weighted by atomic mass is 10.2. The van der Waals surface area contributed by atoms with E-state index in [9.17, 15) is 8.42 Å². The van der Waals surface area contributed by atoms with Crippen LogP contribution in [0.2, 0.25) is 0 Å². The zero-order chi connectivity index (χ0) is 12.3. The Morgan fingerprint density at radius 1 is 1.44 bits per heavy atom. The van der Waals surface area contributed by atoms with Gasteiger partial charge >= 0.3 is 0 Å². The maximum absolute atomic E-state index is 11.1. The van der Waals surface area contributed by atoms with E-state index in [4.69, 9.17) is 0 Å². The van der Waals surface area contributed by atoms with Crippen LogP contribution in [0.15, 0.2) is 22.7 Å². The van der Waals surface area contributed by atoms with Crippen LogP contribution >= 0.6 is 15.9 Å². The van der Waals surface area contributed by atoms with E-state index in [2.05, 4.69) is 21.2 Å². The Balaban J connectivity index is 2.70. The summed E-state index contributed by atoms with van der Waals surface area (Å²) in [5, 5.41) is 3.16. The number of halogens is 1. The van der Waals surface area contributed by atoms with E-state index in [1.165, 1.54) is 6.26 Å². The third-order valence-corrected chi connectivity index (χ3v) is 4.10. The van der Waals surface area contributed by atoms with Gasteiger partial charge in [0, 0.05) is 22.5 Å². The largest absolute Gasteiger partial charge is 0.382 e. The van der Waals surface area contributed by atoms with Gasteiger partial charge in [0.25, 0.3) is 0 Å². The van der Waals surface area contributed by atoms with Crippen molar-refractivity contribution in [3.8, 4) is 0 Å². The molecule has 1 atom stereocenters. The van der Waals surface area contributed by atoms with Crippen molar-refractivity contribution in [1.82, 2.24) is 0 Å². The summed E-state index contributed by atoms with van der Waals surface area (Å²) in [6.45, 7) is 3.86. The molecule has 1 aromatic carbocycles. The molecule has 0 saturated carbocycles. The number of aryl methyl sites for hydroxylation is 1. The van der Waals surface area contributed by atoms with E-state index in [0.29, 0.717) is 0 Å². The van der Waals surface area contributed by atoms with Crippen molar-refractivity contribution < 1.29 is 8.42 Å². The van der Waals surface area contributed by atoms with Gasteiger partial charge in [-0.1, -0.05) is 22.0 Å². The van der Waals surface area contributed by atoms with E-state index >= 15 is 0 Å². The van der Waals surface area contributed by atoms with Crippen LogP contribution in [0.1, 0.15) is 12.5 Å². The summed E-state index contributed by atoms with van der Waals surface area (Å²) in [5.41, 5.74) is 2.08. The van der Waals surface area contributed by atoms with Crippen molar-refractivity contribution in [2.45, 2.75) is 19.9 Å². The lowest BCUT2D eigenvalue weighted by Gasteiger charge is -2.14. The molecular weight excluding hydrogens is 290 g/mol. The molecule has 1 N–H and O–H groups in total. The topological polar surface area (TPSA) is 46.2 Å². The van der Waals surface area contributed by atoms with Gasteiger partial charge in [-0.15, -0.1) is 0 Å². The average molecular weight is 306 g/mol. The Hall–Kier alpha value is -0.550. The van der Waals surface area contributed by atoms with E-state index in [-0.39, 0.29) is 11.8 Å². The summed E-state index contributed by atoms with van der Waals surface area (Å²) < 4.78 is 23.2. The van der Waals surface area contributed by atoms with E-state index < -0.39 is 9.84 Å². The molecular formula is C11H16BrNO2S. The van der Waals surface area contributed by atoms with Gasteiger partial charge in [-0.3, -0.25) is 0 Å². The molecule has 3 nitrogen and oxygen atoms in total. The number of rotatable bonds is 4. The smallest absolute Gasteiger partial charge is 0.149 e. The van der Waals surface area contributed by atoms with Gasteiger partial charge < -0.3 is 5.32 Å². The zero-order valence-electron chi connectivity index (χ0n) is 9.62. The Kier molecular flexibility index (Phi) is 4.38. The molecule has 0 aromatic heterocycles. The molecule has 0 spiro atoms. The molecule has 0 aliphatic rings. The molecule has 0 fully saturated rings. The quantitative estimate of drug-likeness (QED) is 0.930. The lowest BCUT2D eigenvalue weighted by molar-refractivity contribution is 0.598. The first-order chi connectivity index (χ1) is 7.28. The molecule has 0 radical (unpaired) electrons. The third-order valence-electron chi connectivity index (χ3n) is 2.14. The van der Waals surface area contributed by atoms with Gasteiger partial charge in [0.1, 0.15) is 9.84 Å². The van der Waals surface area contributed by atoms with Crippen molar-refractivity contribution in [2.75, 3.05) is 17.3 Å². The number of sulfone groups is 1. The molecule has 16 heavy (non-hydrogen) atoms. The summed E-state index contributed by atoms with van der Waals surface area (Å²) in [6.07, 6.45) is 1.25. The molecule has 1 aromatic rings. The highest BCUT2D eigenvalue weighted by atomic mass is 79.9. The van der Waals surface area contributed by atoms with Gasteiger partial charge in [-0.2, -0.15) is 0 Å². The van der Waals surface area contributed by atoms with Crippen LogP contribution < -0.4 is 5.32 Å². The Labute approximate surface area is 105 Å². The first-order valence-electron chi connectivity index (χ1n) is 4.98. The average Bonchev–Trinajstić information content (AvgIpc) is 2.08. The van der Waals surface area contributed by atoms with Crippen molar-refractivity contribution in [1.29, 1.82) is 0 Å². The second-order valence-electron chi connectivity index (χ2n) is 4.10. The maximum atomic E-state index is 11.1. The van der Waals surface area contributed by atoms with E-state index in [1.807, 2.05) is 32.0 Å². The number of benzene rings is 1. The van der Waals surface area contributed by atoms with Gasteiger partial charge in [0.15, 0.2) is 0 Å². The van der Waals surface area contributed by atoms with E-state index in [1.54, 1.807) is 0 Å². The summed E-state index contributed by atoms with van der Waals surface area (Å²) in [6, 6.07) is 5.79. The van der Waals surface area contributed by atoms with Gasteiger partial charge in [-0.05, 0) is 31.5 Å². The van der Waals surface area contributed by atoms with E-state index in [0.717, 1.165) is 15.7 Å². The second-order valence-corrected chi connectivity index (χ2v) is 7.14. The molecule has 0 amide bonds. The van der Waals surface area contributed by atoms with Crippen LogP contribution in [0.25, 0.3) is 0 Å². The molecule has 90 valence electrons. The number of hydrogen-bond acceptors (Lipinski definition) is 3. The van der Waals surface area contributed by atoms with Crippen LogP contribution in [0.4, 0.5) is 5.69 Å². The second kappa shape index (κ2) is 5.19. The van der Waals surface area contributed by atoms with Gasteiger partial charge in [0.05, 0.1) is 5.75 Å². The zero-order valence-corrected chi connectivity index (χ0v) is 12.0. The van der Waals surface area contributed by atoms with Crippen LogP contribution in [0, 0.1) is 6.92 Å². The van der Waals surface area contributed by atoms with Crippen LogP contribution in [0.5, 0.6) is 0 Å². The first-order valence-corrected chi connectivity index (χ1v) is 7.84. The Morgan fingerprint density at radius 3 is 2.56 bits per heavy atom. The fraction of sp³-hybridized carbons (Fsp3) is 0.455. The highest BCUT2D eigenvalue weighted by Gasteiger charge is 2.10. The molecule has 5 heteroatoms. The number of anilines is 1. The molecule has 0 aliphatic heterocycles.